The summed E-state index contributed by atoms with van der Waals surface area (Å²) in [4.78, 5) is 17.0. The standard InChI is InChI=1S/C17H34N2O2/c1-13(2)12-19(16(20)21-17(5,6)7)15-8-10-18(11-9-15)14(3)4/h13-15H,8-12H2,1-7H3. The van der Waals surface area contributed by atoms with Gasteiger partial charge in [0, 0.05) is 31.7 Å². The average molecular weight is 298 g/mol. The molecule has 21 heavy (non-hydrogen) atoms. The molecule has 1 aliphatic rings. The van der Waals surface area contributed by atoms with E-state index >= 15 is 0 Å². The second-order valence-electron chi connectivity index (χ2n) is 7.89. The van der Waals surface area contributed by atoms with Gasteiger partial charge in [-0.15, -0.1) is 0 Å². The molecule has 124 valence electrons. The molecule has 0 spiro atoms. The summed E-state index contributed by atoms with van der Waals surface area (Å²) in [6.07, 6.45) is 1.94. The van der Waals surface area contributed by atoms with Crippen LogP contribution in [0.5, 0.6) is 0 Å². The van der Waals surface area contributed by atoms with E-state index in [1.165, 1.54) is 0 Å². The van der Waals surface area contributed by atoms with Crippen LogP contribution < -0.4 is 0 Å². The van der Waals surface area contributed by atoms with Gasteiger partial charge in [0.2, 0.25) is 0 Å². The van der Waals surface area contributed by atoms with Gasteiger partial charge in [-0.05, 0) is 53.4 Å². The summed E-state index contributed by atoms with van der Waals surface area (Å²) in [7, 11) is 0. The van der Waals surface area contributed by atoms with Gasteiger partial charge in [0.15, 0.2) is 0 Å². The molecule has 1 saturated heterocycles. The molecule has 1 fully saturated rings. The third-order valence-corrected chi connectivity index (χ3v) is 3.86. The van der Waals surface area contributed by atoms with Crippen molar-refractivity contribution in [2.45, 2.75) is 79.0 Å². The maximum Gasteiger partial charge on any atom is 0.410 e. The number of likely N-dealkylation sites (tertiary alicyclic amines) is 1. The number of rotatable bonds is 4. The van der Waals surface area contributed by atoms with Crippen LogP contribution >= 0.6 is 0 Å². The highest BCUT2D eigenvalue weighted by atomic mass is 16.6. The normalized spacial score (nSPS) is 18.3. The lowest BCUT2D eigenvalue weighted by Gasteiger charge is -2.40. The Bertz CT molecular complexity index is 326. The third-order valence-electron chi connectivity index (χ3n) is 3.86. The van der Waals surface area contributed by atoms with Crippen LogP contribution in [0.4, 0.5) is 4.79 Å². The highest BCUT2D eigenvalue weighted by molar-refractivity contribution is 5.68. The molecular formula is C17H34N2O2. The molecular weight excluding hydrogens is 264 g/mol. The number of hydrogen-bond acceptors (Lipinski definition) is 3. The van der Waals surface area contributed by atoms with Crippen molar-refractivity contribution in [2.24, 2.45) is 5.92 Å². The molecule has 1 amide bonds. The fraction of sp³-hybridized carbons (Fsp3) is 0.941. The van der Waals surface area contributed by atoms with Gasteiger partial charge in [0.1, 0.15) is 5.60 Å². The van der Waals surface area contributed by atoms with Crippen molar-refractivity contribution in [1.82, 2.24) is 9.80 Å². The van der Waals surface area contributed by atoms with Gasteiger partial charge in [-0.3, -0.25) is 0 Å². The lowest BCUT2D eigenvalue weighted by atomic mass is 10.0. The number of piperidine rings is 1. The molecule has 0 N–H and O–H groups in total. The van der Waals surface area contributed by atoms with E-state index in [4.69, 9.17) is 4.74 Å². The summed E-state index contributed by atoms with van der Waals surface area (Å²) in [5.41, 5.74) is -0.426. The largest absolute Gasteiger partial charge is 0.444 e. The van der Waals surface area contributed by atoms with Crippen LogP contribution in [-0.4, -0.2) is 53.2 Å². The number of ether oxygens (including phenoxy) is 1. The number of carbonyl (C=O) groups excluding carboxylic acids is 1. The maximum atomic E-state index is 12.5. The summed E-state index contributed by atoms with van der Waals surface area (Å²) in [5.74, 6) is 0.459. The zero-order chi connectivity index (χ0) is 16.2. The molecule has 0 radical (unpaired) electrons. The molecule has 0 aromatic heterocycles. The van der Waals surface area contributed by atoms with E-state index in [0.29, 0.717) is 18.0 Å². The summed E-state index contributed by atoms with van der Waals surface area (Å²) in [6.45, 7) is 17.5. The molecule has 4 heteroatoms. The number of amides is 1. The summed E-state index contributed by atoms with van der Waals surface area (Å²) >= 11 is 0. The van der Waals surface area contributed by atoms with E-state index in [1.54, 1.807) is 0 Å². The Hall–Kier alpha value is -0.770. The van der Waals surface area contributed by atoms with Gasteiger partial charge in [-0.25, -0.2) is 4.79 Å². The Balaban J connectivity index is 2.68. The highest BCUT2D eigenvalue weighted by Gasteiger charge is 2.31. The van der Waals surface area contributed by atoms with Crippen LogP contribution in [-0.2, 0) is 4.74 Å². The molecule has 4 nitrogen and oxygen atoms in total. The molecule has 1 heterocycles. The first-order chi connectivity index (χ1) is 9.60. The van der Waals surface area contributed by atoms with E-state index < -0.39 is 5.60 Å². The molecule has 1 rings (SSSR count). The lowest BCUT2D eigenvalue weighted by Crippen LogP contribution is -2.51. The first-order valence-electron chi connectivity index (χ1n) is 8.34. The maximum absolute atomic E-state index is 12.5. The van der Waals surface area contributed by atoms with Crippen LogP contribution in [0, 0.1) is 5.92 Å². The molecule has 0 aromatic carbocycles. The van der Waals surface area contributed by atoms with Crippen molar-refractivity contribution in [1.29, 1.82) is 0 Å². The molecule has 0 atom stereocenters. The van der Waals surface area contributed by atoms with E-state index in [2.05, 4.69) is 32.6 Å². The van der Waals surface area contributed by atoms with E-state index in [9.17, 15) is 4.79 Å². The zero-order valence-corrected chi connectivity index (χ0v) is 15.0. The Morgan fingerprint density at radius 3 is 2.10 bits per heavy atom. The highest BCUT2D eigenvalue weighted by Crippen LogP contribution is 2.22. The van der Waals surface area contributed by atoms with Crippen molar-refractivity contribution in [3.05, 3.63) is 0 Å². The van der Waals surface area contributed by atoms with Crippen LogP contribution in [0.15, 0.2) is 0 Å². The van der Waals surface area contributed by atoms with Crippen LogP contribution in [0.1, 0.15) is 61.3 Å². The Labute approximate surface area is 130 Å². The number of carbonyl (C=O) groups is 1. The Morgan fingerprint density at radius 2 is 1.71 bits per heavy atom. The minimum atomic E-state index is -0.426. The van der Waals surface area contributed by atoms with Crippen molar-refractivity contribution < 1.29 is 9.53 Å². The van der Waals surface area contributed by atoms with Gasteiger partial charge in [-0.2, -0.15) is 0 Å². The summed E-state index contributed by atoms with van der Waals surface area (Å²) in [6, 6.07) is 0.906. The minimum Gasteiger partial charge on any atom is -0.444 e. The van der Waals surface area contributed by atoms with Crippen molar-refractivity contribution in [3.63, 3.8) is 0 Å². The van der Waals surface area contributed by atoms with E-state index in [-0.39, 0.29) is 6.09 Å². The smallest absolute Gasteiger partial charge is 0.410 e. The van der Waals surface area contributed by atoms with Crippen molar-refractivity contribution >= 4 is 6.09 Å². The van der Waals surface area contributed by atoms with Gasteiger partial charge in [0.05, 0.1) is 0 Å². The average Bonchev–Trinajstić information content (AvgIpc) is 2.33. The lowest BCUT2D eigenvalue weighted by molar-refractivity contribution is 0.00375. The third kappa shape index (κ3) is 6.25. The fourth-order valence-corrected chi connectivity index (χ4v) is 2.80. The van der Waals surface area contributed by atoms with E-state index in [0.717, 1.165) is 32.5 Å². The second kappa shape index (κ2) is 7.48. The van der Waals surface area contributed by atoms with Gasteiger partial charge in [-0.1, -0.05) is 13.8 Å². The molecule has 0 saturated carbocycles. The molecule has 0 unspecified atom stereocenters. The van der Waals surface area contributed by atoms with E-state index in [1.807, 2.05) is 25.7 Å². The van der Waals surface area contributed by atoms with Gasteiger partial charge < -0.3 is 14.5 Å². The summed E-state index contributed by atoms with van der Waals surface area (Å²) in [5, 5.41) is 0. The number of hydrogen-bond donors (Lipinski definition) is 0. The van der Waals surface area contributed by atoms with Crippen LogP contribution in [0.3, 0.4) is 0 Å². The topological polar surface area (TPSA) is 32.8 Å². The molecule has 1 aliphatic heterocycles. The fourth-order valence-electron chi connectivity index (χ4n) is 2.80. The quantitative estimate of drug-likeness (QED) is 0.792. The Morgan fingerprint density at radius 1 is 1.19 bits per heavy atom. The molecule has 0 aromatic rings. The van der Waals surface area contributed by atoms with Crippen molar-refractivity contribution in [3.8, 4) is 0 Å². The Kier molecular flexibility index (Phi) is 6.51. The second-order valence-corrected chi connectivity index (χ2v) is 7.89. The van der Waals surface area contributed by atoms with Gasteiger partial charge >= 0.3 is 6.09 Å². The van der Waals surface area contributed by atoms with Crippen LogP contribution in [0.2, 0.25) is 0 Å². The monoisotopic (exact) mass is 298 g/mol. The summed E-state index contributed by atoms with van der Waals surface area (Å²) < 4.78 is 5.60. The SMILES string of the molecule is CC(C)CN(C(=O)OC(C)(C)C)C1CCN(C(C)C)CC1. The van der Waals surface area contributed by atoms with Crippen LogP contribution in [0.25, 0.3) is 0 Å². The van der Waals surface area contributed by atoms with Crippen molar-refractivity contribution in [2.75, 3.05) is 19.6 Å². The molecule has 0 aliphatic carbocycles. The first-order valence-corrected chi connectivity index (χ1v) is 8.34. The zero-order valence-electron chi connectivity index (χ0n) is 15.0. The minimum absolute atomic E-state index is 0.154. The predicted octanol–water partition coefficient (Wildman–Crippen LogP) is 3.75. The first kappa shape index (κ1) is 18.3. The van der Waals surface area contributed by atoms with Gasteiger partial charge in [0.25, 0.3) is 0 Å². The predicted molar refractivity (Wildman–Crippen MR) is 87.5 cm³/mol. The molecule has 0 bridgehead atoms. The number of nitrogens with zero attached hydrogens (tertiary/aromatic N) is 2.